The first-order chi connectivity index (χ1) is 8.16. The van der Waals surface area contributed by atoms with Gasteiger partial charge in [0, 0.05) is 24.8 Å². The highest BCUT2D eigenvalue weighted by Gasteiger charge is 2.21. The Morgan fingerprint density at radius 1 is 1.65 bits per heavy atom. The molecule has 1 aliphatic heterocycles. The number of nitro groups is 1. The molecule has 0 amide bonds. The maximum atomic E-state index is 10.8. The Morgan fingerprint density at radius 3 is 3.18 bits per heavy atom. The van der Waals surface area contributed by atoms with Gasteiger partial charge in [-0.05, 0) is 32.5 Å². The van der Waals surface area contributed by atoms with Gasteiger partial charge in [-0.2, -0.15) is 0 Å². The van der Waals surface area contributed by atoms with Gasteiger partial charge >= 0.3 is 5.69 Å². The second-order valence-corrected chi connectivity index (χ2v) is 4.37. The average Bonchev–Trinajstić information content (AvgIpc) is 2.29. The predicted octanol–water partition coefficient (Wildman–Crippen LogP) is 1.50. The van der Waals surface area contributed by atoms with Crippen molar-refractivity contribution >= 4 is 11.5 Å². The van der Waals surface area contributed by atoms with Crippen LogP contribution in [0, 0.1) is 10.1 Å². The lowest BCUT2D eigenvalue weighted by molar-refractivity contribution is -0.384. The molecule has 2 heterocycles. The molecule has 0 bridgehead atoms. The summed E-state index contributed by atoms with van der Waals surface area (Å²) in [5.41, 5.74) is 0.0423. The van der Waals surface area contributed by atoms with Crippen LogP contribution in [-0.4, -0.2) is 41.0 Å². The van der Waals surface area contributed by atoms with Crippen molar-refractivity contribution in [2.45, 2.75) is 18.9 Å². The number of rotatable bonds is 3. The Hall–Kier alpha value is -1.69. The van der Waals surface area contributed by atoms with E-state index in [0.717, 1.165) is 25.9 Å². The van der Waals surface area contributed by atoms with Crippen LogP contribution in [0.2, 0.25) is 0 Å². The molecule has 6 heteroatoms. The Bertz CT molecular complexity index is 410. The van der Waals surface area contributed by atoms with Crippen molar-refractivity contribution < 1.29 is 4.92 Å². The van der Waals surface area contributed by atoms with Crippen LogP contribution in [0.4, 0.5) is 11.5 Å². The summed E-state index contributed by atoms with van der Waals surface area (Å²) < 4.78 is 0. The van der Waals surface area contributed by atoms with E-state index in [9.17, 15) is 10.1 Å². The largest absolute Gasteiger partial charge is 0.360 e. The van der Waals surface area contributed by atoms with Crippen molar-refractivity contribution in [2.75, 3.05) is 25.5 Å². The summed E-state index contributed by atoms with van der Waals surface area (Å²) in [5, 5.41) is 14.0. The first-order valence-corrected chi connectivity index (χ1v) is 5.71. The fourth-order valence-corrected chi connectivity index (χ4v) is 2.13. The first-order valence-electron chi connectivity index (χ1n) is 5.71. The number of hydrogen-bond acceptors (Lipinski definition) is 5. The molecule has 1 aliphatic rings. The second kappa shape index (κ2) is 5.09. The number of piperidine rings is 1. The molecule has 1 N–H and O–H groups in total. The smallest absolute Gasteiger partial charge is 0.311 e. The van der Waals surface area contributed by atoms with Gasteiger partial charge in [0.25, 0.3) is 0 Å². The highest BCUT2D eigenvalue weighted by atomic mass is 16.6. The van der Waals surface area contributed by atoms with E-state index in [-0.39, 0.29) is 11.7 Å². The van der Waals surface area contributed by atoms with E-state index in [2.05, 4.69) is 22.2 Å². The molecule has 0 aromatic carbocycles. The van der Waals surface area contributed by atoms with Gasteiger partial charge in [0.2, 0.25) is 5.82 Å². The molecular weight excluding hydrogens is 220 g/mol. The maximum absolute atomic E-state index is 10.8. The van der Waals surface area contributed by atoms with Crippen molar-refractivity contribution in [3.8, 4) is 0 Å². The highest BCUT2D eigenvalue weighted by Crippen LogP contribution is 2.22. The molecule has 1 fully saturated rings. The molecule has 1 aromatic rings. The van der Waals surface area contributed by atoms with E-state index in [1.807, 2.05) is 0 Å². The SMILES string of the molecule is CN1CCCC(Nc2ncccc2[N+](=O)[O-])C1. The van der Waals surface area contributed by atoms with Crippen LogP contribution in [0.25, 0.3) is 0 Å². The van der Waals surface area contributed by atoms with E-state index in [1.165, 1.54) is 6.07 Å². The standard InChI is InChI=1S/C11H16N4O2/c1-14-7-3-4-9(8-14)13-11-10(15(16)17)5-2-6-12-11/h2,5-6,9H,3-4,7-8H2,1H3,(H,12,13). The van der Waals surface area contributed by atoms with Crippen LogP contribution in [0.1, 0.15) is 12.8 Å². The molecule has 2 rings (SSSR count). The lowest BCUT2D eigenvalue weighted by Crippen LogP contribution is -2.40. The van der Waals surface area contributed by atoms with Gasteiger partial charge in [-0.25, -0.2) is 4.98 Å². The zero-order valence-electron chi connectivity index (χ0n) is 9.80. The Labute approximate surface area is 99.8 Å². The number of pyridine rings is 1. The van der Waals surface area contributed by atoms with E-state index < -0.39 is 4.92 Å². The molecule has 1 aromatic heterocycles. The van der Waals surface area contributed by atoms with E-state index in [1.54, 1.807) is 12.3 Å². The molecule has 17 heavy (non-hydrogen) atoms. The van der Waals surface area contributed by atoms with E-state index in [0.29, 0.717) is 5.82 Å². The van der Waals surface area contributed by atoms with Crippen LogP contribution in [0.5, 0.6) is 0 Å². The molecule has 92 valence electrons. The molecule has 1 unspecified atom stereocenters. The zero-order chi connectivity index (χ0) is 12.3. The van der Waals surface area contributed by atoms with Crippen LogP contribution in [0.15, 0.2) is 18.3 Å². The maximum Gasteiger partial charge on any atom is 0.311 e. The monoisotopic (exact) mass is 236 g/mol. The Morgan fingerprint density at radius 2 is 2.47 bits per heavy atom. The molecule has 0 aliphatic carbocycles. The summed E-state index contributed by atoms with van der Waals surface area (Å²) in [4.78, 5) is 16.7. The van der Waals surface area contributed by atoms with Crippen LogP contribution in [0.3, 0.4) is 0 Å². The van der Waals surface area contributed by atoms with Gasteiger partial charge in [0.05, 0.1) is 4.92 Å². The number of hydrogen-bond donors (Lipinski definition) is 1. The van der Waals surface area contributed by atoms with Gasteiger partial charge in [0.1, 0.15) is 0 Å². The number of aromatic nitrogens is 1. The second-order valence-electron chi connectivity index (χ2n) is 4.37. The third-order valence-electron chi connectivity index (χ3n) is 2.95. The third kappa shape index (κ3) is 2.91. The minimum Gasteiger partial charge on any atom is -0.360 e. The fraction of sp³-hybridized carbons (Fsp3) is 0.545. The third-order valence-corrected chi connectivity index (χ3v) is 2.95. The first kappa shape index (κ1) is 11.8. The minimum atomic E-state index is -0.401. The van der Waals surface area contributed by atoms with Gasteiger partial charge < -0.3 is 10.2 Å². The van der Waals surface area contributed by atoms with Crippen LogP contribution in [-0.2, 0) is 0 Å². The summed E-state index contributed by atoms with van der Waals surface area (Å²) in [6.45, 7) is 1.98. The van der Waals surface area contributed by atoms with Crippen LogP contribution >= 0.6 is 0 Å². The fourth-order valence-electron chi connectivity index (χ4n) is 2.13. The molecule has 1 saturated heterocycles. The predicted molar refractivity (Wildman–Crippen MR) is 65.0 cm³/mol. The van der Waals surface area contributed by atoms with E-state index in [4.69, 9.17) is 0 Å². The quantitative estimate of drug-likeness (QED) is 0.636. The van der Waals surface area contributed by atoms with Crippen LogP contribution < -0.4 is 5.32 Å². The summed E-state index contributed by atoms with van der Waals surface area (Å²) in [6.07, 6.45) is 3.70. The van der Waals surface area contributed by atoms with Crippen molar-refractivity contribution in [3.63, 3.8) is 0 Å². The Kier molecular flexibility index (Phi) is 3.53. The lowest BCUT2D eigenvalue weighted by Gasteiger charge is -2.30. The zero-order valence-corrected chi connectivity index (χ0v) is 9.80. The molecule has 1 atom stereocenters. The average molecular weight is 236 g/mol. The van der Waals surface area contributed by atoms with Gasteiger partial charge in [0.15, 0.2) is 0 Å². The lowest BCUT2D eigenvalue weighted by atomic mass is 10.1. The number of nitrogens with zero attached hydrogens (tertiary/aromatic N) is 3. The normalized spacial score (nSPS) is 21.1. The summed E-state index contributed by atoms with van der Waals surface area (Å²) in [6, 6.07) is 3.29. The van der Waals surface area contributed by atoms with Gasteiger partial charge in [-0.1, -0.05) is 0 Å². The molecule has 0 radical (unpaired) electrons. The topological polar surface area (TPSA) is 71.3 Å². The Balaban J connectivity index is 2.10. The number of likely N-dealkylation sites (N-methyl/N-ethyl adjacent to an activating group) is 1. The van der Waals surface area contributed by atoms with Crippen molar-refractivity contribution in [2.24, 2.45) is 0 Å². The van der Waals surface area contributed by atoms with Crippen molar-refractivity contribution in [1.29, 1.82) is 0 Å². The van der Waals surface area contributed by atoms with Gasteiger partial charge in [-0.3, -0.25) is 10.1 Å². The summed E-state index contributed by atoms with van der Waals surface area (Å²) in [7, 11) is 2.06. The van der Waals surface area contributed by atoms with Gasteiger partial charge in [-0.15, -0.1) is 0 Å². The van der Waals surface area contributed by atoms with Crippen molar-refractivity contribution in [3.05, 3.63) is 28.4 Å². The summed E-state index contributed by atoms with van der Waals surface area (Å²) in [5.74, 6) is 0.373. The molecule has 0 saturated carbocycles. The van der Waals surface area contributed by atoms with Crippen molar-refractivity contribution in [1.82, 2.24) is 9.88 Å². The summed E-state index contributed by atoms with van der Waals surface area (Å²) >= 11 is 0. The highest BCUT2D eigenvalue weighted by molar-refractivity contribution is 5.55. The number of nitrogens with one attached hydrogen (secondary N) is 1. The molecule has 6 nitrogen and oxygen atoms in total. The van der Waals surface area contributed by atoms with E-state index >= 15 is 0 Å². The minimum absolute atomic E-state index is 0.0423. The molecular formula is C11H16N4O2. The number of likely N-dealkylation sites (tertiary alicyclic amines) is 1. The molecule has 0 spiro atoms. The number of anilines is 1.